The molecule has 6 rings (SSSR count). The summed E-state index contributed by atoms with van der Waals surface area (Å²) in [4.78, 5) is 56.5. The van der Waals surface area contributed by atoms with Gasteiger partial charge < -0.3 is 4.74 Å². The van der Waals surface area contributed by atoms with Crippen LogP contribution >= 0.6 is 22.6 Å². The van der Waals surface area contributed by atoms with Crippen LogP contribution in [0.15, 0.2) is 72.8 Å². The van der Waals surface area contributed by atoms with Gasteiger partial charge >= 0.3 is 0 Å². The lowest BCUT2D eigenvalue weighted by Gasteiger charge is -2.28. The third-order valence-electron chi connectivity index (χ3n) is 7.11. The molecule has 3 aliphatic rings. The number of imide groups is 1. The molecular weight excluding hydrogens is 545 g/mol. The lowest BCUT2D eigenvalue weighted by atomic mass is 9.77. The van der Waals surface area contributed by atoms with E-state index in [0.717, 1.165) is 14.0 Å². The van der Waals surface area contributed by atoms with Gasteiger partial charge in [-0.15, -0.1) is 0 Å². The van der Waals surface area contributed by atoms with Crippen LogP contribution in [0.3, 0.4) is 0 Å². The zero-order chi connectivity index (χ0) is 23.8. The van der Waals surface area contributed by atoms with Crippen LogP contribution in [-0.2, 0) is 14.3 Å². The van der Waals surface area contributed by atoms with E-state index in [0.29, 0.717) is 11.3 Å². The SMILES string of the molecule is Cc1ccccc1[C@@H]1OC2(C(=O)c3ccccc3C2=O)[C@H]2C(=O)N(c3ccccc3I)C(=O)[C@@H]12. The zero-order valence-electron chi connectivity index (χ0n) is 18.0. The molecule has 2 fully saturated rings. The minimum absolute atomic E-state index is 0.227. The number of halogens is 1. The Morgan fingerprint density at radius 2 is 1.38 bits per heavy atom. The summed E-state index contributed by atoms with van der Waals surface area (Å²) < 4.78 is 7.06. The number of benzene rings is 3. The molecule has 2 saturated heterocycles. The van der Waals surface area contributed by atoms with Gasteiger partial charge in [-0.25, -0.2) is 4.90 Å². The first-order chi connectivity index (χ1) is 16.4. The minimum atomic E-state index is -2.05. The second kappa shape index (κ2) is 7.41. The van der Waals surface area contributed by atoms with Crippen molar-refractivity contribution >= 4 is 51.7 Å². The number of rotatable bonds is 2. The first kappa shape index (κ1) is 21.4. The number of fused-ring (bicyclic) bond motifs is 3. The molecule has 0 saturated carbocycles. The summed E-state index contributed by atoms with van der Waals surface area (Å²) in [5.74, 6) is -4.37. The van der Waals surface area contributed by atoms with Crippen molar-refractivity contribution in [3.63, 3.8) is 0 Å². The van der Waals surface area contributed by atoms with E-state index in [2.05, 4.69) is 22.6 Å². The van der Waals surface area contributed by atoms with Gasteiger partial charge in [0.05, 0.1) is 23.6 Å². The van der Waals surface area contributed by atoms with Gasteiger partial charge in [-0.2, -0.15) is 0 Å². The van der Waals surface area contributed by atoms with Gasteiger partial charge in [0.15, 0.2) is 0 Å². The molecular formula is C27H18INO5. The molecule has 2 aliphatic heterocycles. The van der Waals surface area contributed by atoms with Crippen molar-refractivity contribution in [2.24, 2.45) is 11.8 Å². The number of anilines is 1. The van der Waals surface area contributed by atoms with E-state index < -0.39 is 46.9 Å². The third kappa shape index (κ3) is 2.59. The van der Waals surface area contributed by atoms with Crippen LogP contribution in [0.25, 0.3) is 0 Å². The van der Waals surface area contributed by atoms with E-state index in [1.54, 1.807) is 42.5 Å². The van der Waals surface area contributed by atoms with E-state index in [1.165, 1.54) is 0 Å². The van der Waals surface area contributed by atoms with Crippen LogP contribution in [0.5, 0.6) is 0 Å². The minimum Gasteiger partial charge on any atom is -0.349 e. The molecule has 2 heterocycles. The molecule has 2 amide bonds. The number of ketones is 2. The van der Waals surface area contributed by atoms with Crippen molar-refractivity contribution in [2.45, 2.75) is 18.6 Å². The van der Waals surface area contributed by atoms with Gasteiger partial charge in [0.2, 0.25) is 29.0 Å². The Labute approximate surface area is 209 Å². The average Bonchev–Trinajstić information content (AvgIpc) is 3.40. The Bertz CT molecular complexity index is 1390. The highest BCUT2D eigenvalue weighted by molar-refractivity contribution is 14.1. The molecule has 0 N–H and O–H groups in total. The third-order valence-corrected chi connectivity index (χ3v) is 8.02. The van der Waals surface area contributed by atoms with Crippen LogP contribution in [-0.4, -0.2) is 29.0 Å². The number of carbonyl (C=O) groups excluding carboxylic acids is 4. The number of para-hydroxylation sites is 1. The molecule has 34 heavy (non-hydrogen) atoms. The van der Waals surface area contributed by atoms with Crippen LogP contribution in [0, 0.1) is 22.3 Å². The predicted octanol–water partition coefficient (Wildman–Crippen LogP) is 4.29. The van der Waals surface area contributed by atoms with E-state index in [-0.39, 0.29) is 11.1 Å². The number of nitrogens with zero attached hydrogens (tertiary/aromatic N) is 1. The topological polar surface area (TPSA) is 80.8 Å². The molecule has 0 radical (unpaired) electrons. The summed E-state index contributed by atoms with van der Waals surface area (Å²) in [6, 6.07) is 20.9. The number of hydrogen-bond donors (Lipinski definition) is 0. The molecule has 0 unspecified atom stereocenters. The largest absolute Gasteiger partial charge is 0.349 e. The van der Waals surface area contributed by atoms with Crippen LogP contribution in [0.2, 0.25) is 0 Å². The summed E-state index contributed by atoms with van der Waals surface area (Å²) in [6.07, 6.45) is -0.906. The van der Waals surface area contributed by atoms with Gasteiger partial charge in [-0.1, -0.05) is 60.7 Å². The maximum atomic E-state index is 13.9. The molecule has 3 atom stereocenters. The highest BCUT2D eigenvalue weighted by atomic mass is 127. The molecule has 0 bridgehead atoms. The van der Waals surface area contributed by atoms with Crippen LogP contribution in [0.1, 0.15) is 37.9 Å². The summed E-state index contributed by atoms with van der Waals surface area (Å²) in [6.45, 7) is 1.88. The van der Waals surface area contributed by atoms with Crippen molar-refractivity contribution < 1.29 is 23.9 Å². The quantitative estimate of drug-likeness (QED) is 0.264. The van der Waals surface area contributed by atoms with Gasteiger partial charge in [0, 0.05) is 14.7 Å². The zero-order valence-corrected chi connectivity index (χ0v) is 20.2. The Kier molecular flexibility index (Phi) is 4.66. The van der Waals surface area contributed by atoms with Crippen molar-refractivity contribution in [1.29, 1.82) is 0 Å². The summed E-state index contributed by atoms with van der Waals surface area (Å²) >= 11 is 2.07. The maximum Gasteiger partial charge on any atom is 0.241 e. The molecule has 1 aliphatic carbocycles. The standard InChI is InChI=1S/C27H18INO5/c1-14-8-2-3-9-15(14)22-20-21(26(33)29(25(20)32)19-13-7-6-12-18(19)28)27(34-22)23(30)16-10-4-5-11-17(16)24(27)31/h2-13,20-22H,1H3/t20-,21-,22+/m1/s1. The number of aryl methyl sites for hydroxylation is 1. The number of hydrogen-bond acceptors (Lipinski definition) is 5. The average molecular weight is 563 g/mol. The van der Waals surface area contributed by atoms with Gasteiger partial charge in [0.1, 0.15) is 0 Å². The summed E-state index contributed by atoms with van der Waals surface area (Å²) in [5, 5.41) is 0. The lowest BCUT2D eigenvalue weighted by molar-refractivity contribution is -0.127. The van der Waals surface area contributed by atoms with Gasteiger partial charge in [-0.3, -0.25) is 19.2 Å². The highest BCUT2D eigenvalue weighted by Gasteiger charge is 2.74. The summed E-state index contributed by atoms with van der Waals surface area (Å²) in [5.41, 5.74) is 0.391. The highest BCUT2D eigenvalue weighted by Crippen LogP contribution is 2.58. The van der Waals surface area contributed by atoms with Crippen molar-refractivity contribution in [3.8, 4) is 0 Å². The van der Waals surface area contributed by atoms with Crippen LogP contribution in [0.4, 0.5) is 5.69 Å². The normalized spacial score (nSPS) is 24.8. The first-order valence-corrected chi connectivity index (χ1v) is 12.0. The molecule has 1 spiro atoms. The molecule has 168 valence electrons. The Hall–Kier alpha value is -3.17. The fourth-order valence-corrected chi connectivity index (χ4v) is 6.20. The fourth-order valence-electron chi connectivity index (χ4n) is 5.58. The molecule has 6 nitrogen and oxygen atoms in total. The number of ether oxygens (including phenoxy) is 1. The Balaban J connectivity index is 1.58. The van der Waals surface area contributed by atoms with Crippen molar-refractivity contribution in [1.82, 2.24) is 0 Å². The predicted molar refractivity (Wildman–Crippen MR) is 131 cm³/mol. The number of Topliss-reactive ketones (excluding diaryl/α,β-unsaturated/α-hetero) is 2. The molecule has 0 aromatic heterocycles. The maximum absolute atomic E-state index is 13.9. The number of carbonyl (C=O) groups is 4. The van der Waals surface area contributed by atoms with Gasteiger partial charge in [-0.05, 0) is 52.8 Å². The van der Waals surface area contributed by atoms with Crippen LogP contribution < -0.4 is 4.90 Å². The first-order valence-electron chi connectivity index (χ1n) is 10.9. The fraction of sp³-hybridized carbons (Fsp3) is 0.185. The van der Waals surface area contributed by atoms with Crippen molar-refractivity contribution in [3.05, 3.63) is 98.6 Å². The smallest absolute Gasteiger partial charge is 0.241 e. The summed E-state index contributed by atoms with van der Waals surface area (Å²) in [7, 11) is 0. The lowest BCUT2D eigenvalue weighted by Crippen LogP contribution is -2.51. The van der Waals surface area contributed by atoms with E-state index >= 15 is 0 Å². The Morgan fingerprint density at radius 3 is 2.03 bits per heavy atom. The van der Waals surface area contributed by atoms with Crippen molar-refractivity contribution in [2.75, 3.05) is 4.90 Å². The van der Waals surface area contributed by atoms with Gasteiger partial charge in [0.25, 0.3) is 0 Å². The van der Waals surface area contributed by atoms with E-state index in [9.17, 15) is 19.2 Å². The number of amides is 2. The Morgan fingerprint density at radius 1 is 0.794 bits per heavy atom. The van der Waals surface area contributed by atoms with E-state index in [1.807, 2.05) is 37.3 Å². The second-order valence-electron chi connectivity index (χ2n) is 8.80. The monoisotopic (exact) mass is 563 g/mol. The molecule has 3 aromatic carbocycles. The molecule has 7 heteroatoms. The van der Waals surface area contributed by atoms with E-state index in [4.69, 9.17) is 4.74 Å². The second-order valence-corrected chi connectivity index (χ2v) is 9.96. The molecule has 3 aromatic rings.